The number of hydrogen-bond donors (Lipinski definition) is 2. The number of esters is 1. The summed E-state index contributed by atoms with van der Waals surface area (Å²) in [5.41, 5.74) is 0.971. The van der Waals surface area contributed by atoms with Crippen molar-refractivity contribution in [1.29, 1.82) is 0 Å². The van der Waals surface area contributed by atoms with E-state index in [1.165, 1.54) is 6.92 Å². The molecule has 0 saturated carbocycles. The molecule has 0 amide bonds. The number of carbonyl (C=O) groups excluding carboxylic acids is 1. The molecule has 1 fully saturated rings. The molecule has 0 radical (unpaired) electrons. The highest BCUT2D eigenvalue weighted by atomic mass is 35.5. The minimum Gasteiger partial charge on any atom is -0.478 e. The van der Waals surface area contributed by atoms with E-state index in [0.717, 1.165) is 31.4 Å². The van der Waals surface area contributed by atoms with Gasteiger partial charge in [-0.25, -0.2) is 4.79 Å². The molecule has 6 heteroatoms. The zero-order valence-corrected chi connectivity index (χ0v) is 12.0. The van der Waals surface area contributed by atoms with Gasteiger partial charge in [0.2, 0.25) is 0 Å². The molecule has 0 spiro atoms. The van der Waals surface area contributed by atoms with Gasteiger partial charge in [-0.3, -0.25) is 4.79 Å². The van der Waals surface area contributed by atoms with Crippen LogP contribution in [-0.2, 0) is 11.2 Å². The van der Waals surface area contributed by atoms with E-state index in [2.05, 4.69) is 5.32 Å². The lowest BCUT2D eigenvalue weighted by Gasteiger charge is -2.12. The molecule has 1 aliphatic rings. The van der Waals surface area contributed by atoms with Crippen molar-refractivity contribution in [2.45, 2.75) is 32.2 Å². The van der Waals surface area contributed by atoms with Gasteiger partial charge < -0.3 is 15.2 Å². The number of carboxylic acids is 1. The summed E-state index contributed by atoms with van der Waals surface area (Å²) >= 11 is 0. The zero-order chi connectivity index (χ0) is 13.8. The van der Waals surface area contributed by atoms with Crippen LogP contribution in [0, 0.1) is 0 Å². The number of carboxylic acid groups (broad SMARTS) is 1. The molecule has 0 aliphatic carbocycles. The van der Waals surface area contributed by atoms with E-state index in [1.54, 1.807) is 12.1 Å². The molecule has 0 aromatic heterocycles. The first-order valence-corrected chi connectivity index (χ1v) is 6.34. The van der Waals surface area contributed by atoms with E-state index >= 15 is 0 Å². The Balaban J connectivity index is 0.00000200. The Hall–Kier alpha value is -1.59. The highest BCUT2D eigenvalue weighted by Gasteiger charge is 2.18. The monoisotopic (exact) mass is 299 g/mol. The van der Waals surface area contributed by atoms with E-state index in [9.17, 15) is 9.59 Å². The summed E-state index contributed by atoms with van der Waals surface area (Å²) < 4.78 is 4.90. The molecule has 2 rings (SSSR count). The van der Waals surface area contributed by atoms with Crippen LogP contribution in [0.15, 0.2) is 18.2 Å². The van der Waals surface area contributed by atoms with Crippen LogP contribution >= 0.6 is 12.4 Å². The third-order valence-electron chi connectivity index (χ3n) is 3.17. The Labute approximate surface area is 123 Å². The van der Waals surface area contributed by atoms with Gasteiger partial charge in [0.25, 0.3) is 0 Å². The van der Waals surface area contributed by atoms with Crippen molar-refractivity contribution >= 4 is 24.3 Å². The first-order chi connectivity index (χ1) is 9.06. The summed E-state index contributed by atoms with van der Waals surface area (Å²) in [4.78, 5) is 22.1. The number of carbonyl (C=O) groups is 2. The molecule has 5 nitrogen and oxygen atoms in total. The standard InChI is InChI=1S/C14H17NO4.ClH/c1-9(16)19-13-5-4-10(8-12(13)14(17)18)7-11-3-2-6-15-11;/h4-5,8,11,15H,2-3,6-7H2,1H3,(H,17,18);1H. The van der Waals surface area contributed by atoms with Crippen molar-refractivity contribution in [3.8, 4) is 5.75 Å². The molecule has 20 heavy (non-hydrogen) atoms. The van der Waals surface area contributed by atoms with Crippen LogP contribution in [0.4, 0.5) is 0 Å². The lowest BCUT2D eigenvalue weighted by Crippen LogP contribution is -2.23. The smallest absolute Gasteiger partial charge is 0.339 e. The second-order valence-corrected chi connectivity index (χ2v) is 4.73. The summed E-state index contributed by atoms with van der Waals surface area (Å²) in [6.07, 6.45) is 3.05. The molecule has 1 unspecified atom stereocenters. The van der Waals surface area contributed by atoms with E-state index in [4.69, 9.17) is 9.84 Å². The average molecular weight is 300 g/mol. The molecule has 1 aromatic carbocycles. The number of aromatic carboxylic acids is 1. The molecular weight excluding hydrogens is 282 g/mol. The SMILES string of the molecule is CC(=O)Oc1ccc(CC2CCCN2)cc1C(=O)O.Cl. The molecule has 2 N–H and O–H groups in total. The zero-order valence-electron chi connectivity index (χ0n) is 11.2. The number of ether oxygens (including phenoxy) is 1. The summed E-state index contributed by atoms with van der Waals surface area (Å²) in [5.74, 6) is -1.51. The van der Waals surface area contributed by atoms with Gasteiger partial charge in [0.05, 0.1) is 0 Å². The first kappa shape index (κ1) is 16.5. The van der Waals surface area contributed by atoms with Crippen LogP contribution in [0.5, 0.6) is 5.75 Å². The molecule has 1 atom stereocenters. The topological polar surface area (TPSA) is 75.6 Å². The van der Waals surface area contributed by atoms with E-state index in [0.29, 0.717) is 6.04 Å². The third-order valence-corrected chi connectivity index (χ3v) is 3.17. The van der Waals surface area contributed by atoms with E-state index in [-0.39, 0.29) is 23.7 Å². The lowest BCUT2D eigenvalue weighted by atomic mass is 10.0. The van der Waals surface area contributed by atoms with Gasteiger partial charge in [0.15, 0.2) is 0 Å². The van der Waals surface area contributed by atoms with Gasteiger partial charge in [-0.15, -0.1) is 12.4 Å². The second kappa shape index (κ2) is 7.26. The number of halogens is 1. The van der Waals surface area contributed by atoms with Crippen LogP contribution < -0.4 is 10.1 Å². The molecule has 1 aromatic rings. The minimum absolute atomic E-state index is 0. The van der Waals surface area contributed by atoms with Crippen molar-refractivity contribution < 1.29 is 19.4 Å². The van der Waals surface area contributed by atoms with Gasteiger partial charge in [-0.1, -0.05) is 6.07 Å². The quantitative estimate of drug-likeness (QED) is 0.657. The highest BCUT2D eigenvalue weighted by Crippen LogP contribution is 2.22. The predicted molar refractivity (Wildman–Crippen MR) is 76.7 cm³/mol. The number of nitrogens with one attached hydrogen (secondary N) is 1. The van der Waals surface area contributed by atoms with Crippen LogP contribution in [0.2, 0.25) is 0 Å². The fourth-order valence-electron chi connectivity index (χ4n) is 2.33. The van der Waals surface area contributed by atoms with Gasteiger partial charge in [-0.05, 0) is 43.5 Å². The Kier molecular flexibility index (Phi) is 5.98. The van der Waals surface area contributed by atoms with Crippen molar-refractivity contribution in [3.63, 3.8) is 0 Å². The van der Waals surface area contributed by atoms with Crippen LogP contribution in [0.25, 0.3) is 0 Å². The summed E-state index contributed by atoms with van der Waals surface area (Å²) in [6, 6.07) is 5.35. The molecule has 1 saturated heterocycles. The van der Waals surface area contributed by atoms with Gasteiger partial charge >= 0.3 is 11.9 Å². The van der Waals surface area contributed by atoms with Gasteiger partial charge in [0.1, 0.15) is 11.3 Å². The molecule has 110 valence electrons. The van der Waals surface area contributed by atoms with Crippen LogP contribution in [0.3, 0.4) is 0 Å². The average Bonchev–Trinajstić information content (AvgIpc) is 2.83. The summed E-state index contributed by atoms with van der Waals surface area (Å²) in [7, 11) is 0. The molecular formula is C14H18ClNO4. The summed E-state index contributed by atoms with van der Waals surface area (Å²) in [5, 5.41) is 12.5. The number of benzene rings is 1. The fourth-order valence-corrected chi connectivity index (χ4v) is 2.33. The third kappa shape index (κ3) is 4.21. The first-order valence-electron chi connectivity index (χ1n) is 6.34. The van der Waals surface area contributed by atoms with Gasteiger partial charge in [-0.2, -0.15) is 0 Å². The largest absolute Gasteiger partial charge is 0.478 e. The Morgan fingerprint density at radius 2 is 2.20 bits per heavy atom. The Morgan fingerprint density at radius 3 is 2.75 bits per heavy atom. The number of rotatable bonds is 4. The molecule has 1 heterocycles. The maximum absolute atomic E-state index is 11.2. The minimum atomic E-state index is -1.09. The van der Waals surface area contributed by atoms with Gasteiger partial charge in [0, 0.05) is 13.0 Å². The van der Waals surface area contributed by atoms with Crippen molar-refractivity contribution in [3.05, 3.63) is 29.3 Å². The highest BCUT2D eigenvalue weighted by molar-refractivity contribution is 5.92. The predicted octanol–water partition coefficient (Wildman–Crippen LogP) is 2.03. The normalized spacial score (nSPS) is 17.4. The van der Waals surface area contributed by atoms with E-state index in [1.807, 2.05) is 6.07 Å². The van der Waals surface area contributed by atoms with Crippen LogP contribution in [-0.4, -0.2) is 29.6 Å². The Morgan fingerprint density at radius 1 is 1.45 bits per heavy atom. The summed E-state index contributed by atoms with van der Waals surface area (Å²) in [6.45, 7) is 2.27. The fraction of sp³-hybridized carbons (Fsp3) is 0.429. The second-order valence-electron chi connectivity index (χ2n) is 4.73. The Bertz CT molecular complexity index is 498. The van der Waals surface area contributed by atoms with Crippen molar-refractivity contribution in [2.75, 3.05) is 6.54 Å². The van der Waals surface area contributed by atoms with Crippen molar-refractivity contribution in [2.24, 2.45) is 0 Å². The maximum atomic E-state index is 11.2. The maximum Gasteiger partial charge on any atom is 0.339 e. The number of hydrogen-bond acceptors (Lipinski definition) is 4. The van der Waals surface area contributed by atoms with Crippen molar-refractivity contribution in [1.82, 2.24) is 5.32 Å². The molecule has 0 bridgehead atoms. The van der Waals surface area contributed by atoms with Crippen LogP contribution in [0.1, 0.15) is 35.7 Å². The molecule has 1 aliphatic heterocycles. The van der Waals surface area contributed by atoms with E-state index < -0.39 is 11.9 Å². The lowest BCUT2D eigenvalue weighted by molar-refractivity contribution is -0.131.